The molecular formula is C23H24N4O4. The molecule has 2 amide bonds. The van der Waals surface area contributed by atoms with E-state index in [1.165, 1.54) is 0 Å². The highest BCUT2D eigenvalue weighted by Gasteiger charge is 2.10. The Morgan fingerprint density at radius 1 is 1.00 bits per heavy atom. The summed E-state index contributed by atoms with van der Waals surface area (Å²) in [6.07, 6.45) is 6.15. The Morgan fingerprint density at radius 3 is 2.52 bits per heavy atom. The van der Waals surface area contributed by atoms with E-state index >= 15 is 0 Å². The number of rotatable bonds is 9. The lowest BCUT2D eigenvalue weighted by atomic mass is 10.1. The van der Waals surface area contributed by atoms with Crippen molar-refractivity contribution in [1.82, 2.24) is 9.55 Å². The molecule has 0 aliphatic carbocycles. The first kappa shape index (κ1) is 21.8. The average Bonchev–Trinajstić information content (AvgIpc) is 3.30. The fraction of sp³-hybridized carbons (Fsp3) is 0.217. The zero-order valence-corrected chi connectivity index (χ0v) is 17.2. The smallest absolute Gasteiger partial charge is 0.338 e. The third kappa shape index (κ3) is 6.53. The molecule has 2 N–H and O–H groups in total. The zero-order chi connectivity index (χ0) is 22.1. The number of anilines is 2. The third-order valence-electron chi connectivity index (χ3n) is 4.38. The fourth-order valence-electron chi connectivity index (χ4n) is 2.78. The van der Waals surface area contributed by atoms with Gasteiger partial charge in [0.2, 0.25) is 5.91 Å². The van der Waals surface area contributed by atoms with E-state index in [2.05, 4.69) is 15.6 Å². The van der Waals surface area contributed by atoms with Gasteiger partial charge in [0.1, 0.15) is 0 Å². The van der Waals surface area contributed by atoms with Gasteiger partial charge >= 0.3 is 5.97 Å². The Labute approximate surface area is 180 Å². The standard InChI is InChI=1S/C23H24N4O4/c1-2-14-31-23(30)17-6-8-19(9-7-17)26-22(29)18-4-3-5-20(15-18)25-21(28)10-12-27-13-11-24-16-27/h3-9,11,13,15-16H,2,10,12,14H2,1H3,(H,25,28)(H,26,29). The molecule has 31 heavy (non-hydrogen) atoms. The van der Waals surface area contributed by atoms with Crippen molar-refractivity contribution in [2.45, 2.75) is 26.3 Å². The molecule has 1 heterocycles. The molecule has 2 aromatic carbocycles. The number of esters is 1. The molecule has 8 heteroatoms. The number of benzene rings is 2. The first-order chi connectivity index (χ1) is 15.0. The Kier molecular flexibility index (Phi) is 7.53. The van der Waals surface area contributed by atoms with E-state index in [-0.39, 0.29) is 11.8 Å². The SMILES string of the molecule is CCCOC(=O)c1ccc(NC(=O)c2cccc(NC(=O)CCn3ccnc3)c2)cc1. The van der Waals surface area contributed by atoms with Gasteiger partial charge in [0.25, 0.3) is 5.91 Å². The van der Waals surface area contributed by atoms with Gasteiger partial charge < -0.3 is 19.9 Å². The lowest BCUT2D eigenvalue weighted by Crippen LogP contribution is -2.16. The molecule has 0 aliphatic heterocycles. The van der Waals surface area contributed by atoms with Gasteiger partial charge in [-0.2, -0.15) is 0 Å². The highest BCUT2D eigenvalue weighted by molar-refractivity contribution is 6.05. The van der Waals surface area contributed by atoms with Gasteiger partial charge in [0.15, 0.2) is 0 Å². The van der Waals surface area contributed by atoms with Crippen LogP contribution >= 0.6 is 0 Å². The number of nitrogens with zero attached hydrogens (tertiary/aromatic N) is 2. The quantitative estimate of drug-likeness (QED) is 0.514. The van der Waals surface area contributed by atoms with Gasteiger partial charge in [0.05, 0.1) is 18.5 Å². The lowest BCUT2D eigenvalue weighted by Gasteiger charge is -2.09. The molecule has 3 rings (SSSR count). The highest BCUT2D eigenvalue weighted by atomic mass is 16.5. The van der Waals surface area contributed by atoms with Gasteiger partial charge in [-0.25, -0.2) is 9.78 Å². The molecule has 0 unspecified atom stereocenters. The fourth-order valence-corrected chi connectivity index (χ4v) is 2.78. The van der Waals surface area contributed by atoms with Crippen LogP contribution in [-0.4, -0.2) is 33.9 Å². The Morgan fingerprint density at radius 2 is 1.81 bits per heavy atom. The second kappa shape index (κ2) is 10.7. The van der Waals surface area contributed by atoms with Crippen LogP contribution in [0, 0.1) is 0 Å². The van der Waals surface area contributed by atoms with Crippen molar-refractivity contribution >= 4 is 29.2 Å². The molecule has 0 bridgehead atoms. The molecule has 8 nitrogen and oxygen atoms in total. The van der Waals surface area contributed by atoms with Gasteiger partial charge in [0, 0.05) is 42.3 Å². The summed E-state index contributed by atoms with van der Waals surface area (Å²) in [5.41, 5.74) is 1.91. The van der Waals surface area contributed by atoms with E-state index in [0.29, 0.717) is 42.1 Å². The van der Waals surface area contributed by atoms with E-state index in [1.54, 1.807) is 67.3 Å². The van der Waals surface area contributed by atoms with Crippen molar-refractivity contribution in [1.29, 1.82) is 0 Å². The van der Waals surface area contributed by atoms with E-state index in [4.69, 9.17) is 4.74 Å². The van der Waals surface area contributed by atoms with E-state index in [9.17, 15) is 14.4 Å². The molecule has 0 fully saturated rings. The Hall–Kier alpha value is -3.94. The predicted molar refractivity (Wildman–Crippen MR) is 117 cm³/mol. The van der Waals surface area contributed by atoms with Crippen molar-refractivity contribution in [3.63, 3.8) is 0 Å². The van der Waals surface area contributed by atoms with Gasteiger partial charge in [-0.1, -0.05) is 13.0 Å². The largest absolute Gasteiger partial charge is 0.462 e. The summed E-state index contributed by atoms with van der Waals surface area (Å²) in [6.45, 7) is 2.82. The summed E-state index contributed by atoms with van der Waals surface area (Å²) in [5, 5.41) is 5.57. The van der Waals surface area contributed by atoms with Crippen LogP contribution in [0.3, 0.4) is 0 Å². The summed E-state index contributed by atoms with van der Waals surface area (Å²) in [7, 11) is 0. The second-order valence-corrected chi connectivity index (χ2v) is 6.85. The summed E-state index contributed by atoms with van der Waals surface area (Å²) in [6, 6.07) is 13.2. The van der Waals surface area contributed by atoms with Crippen LogP contribution in [0.5, 0.6) is 0 Å². The minimum atomic E-state index is -0.392. The number of hydrogen-bond donors (Lipinski definition) is 2. The molecule has 0 saturated heterocycles. The van der Waals surface area contributed by atoms with Crippen LogP contribution < -0.4 is 10.6 Å². The summed E-state index contributed by atoms with van der Waals surface area (Å²) in [4.78, 5) is 40.5. The molecule has 160 valence electrons. The van der Waals surface area contributed by atoms with Crippen molar-refractivity contribution in [3.05, 3.63) is 78.4 Å². The van der Waals surface area contributed by atoms with E-state index in [1.807, 2.05) is 11.5 Å². The van der Waals surface area contributed by atoms with Crippen LogP contribution in [0.4, 0.5) is 11.4 Å². The first-order valence-electron chi connectivity index (χ1n) is 9.99. The molecule has 0 saturated carbocycles. The first-order valence-corrected chi connectivity index (χ1v) is 9.99. The van der Waals surface area contributed by atoms with Crippen LogP contribution in [0.2, 0.25) is 0 Å². The minimum absolute atomic E-state index is 0.156. The van der Waals surface area contributed by atoms with Crippen molar-refractivity contribution in [3.8, 4) is 0 Å². The number of carbonyl (C=O) groups is 3. The van der Waals surface area contributed by atoms with Crippen molar-refractivity contribution in [2.24, 2.45) is 0 Å². The molecule has 0 aliphatic rings. The molecular weight excluding hydrogens is 396 g/mol. The topological polar surface area (TPSA) is 102 Å². The maximum absolute atomic E-state index is 12.6. The van der Waals surface area contributed by atoms with Gasteiger partial charge in [-0.05, 0) is 48.9 Å². The molecule has 1 aromatic heterocycles. The van der Waals surface area contributed by atoms with Crippen LogP contribution in [0.25, 0.3) is 0 Å². The molecule has 0 radical (unpaired) electrons. The number of hydrogen-bond acceptors (Lipinski definition) is 5. The molecule has 3 aromatic rings. The monoisotopic (exact) mass is 420 g/mol. The highest BCUT2D eigenvalue weighted by Crippen LogP contribution is 2.15. The summed E-state index contributed by atoms with van der Waals surface area (Å²) < 4.78 is 6.90. The molecule has 0 atom stereocenters. The maximum Gasteiger partial charge on any atom is 0.338 e. The second-order valence-electron chi connectivity index (χ2n) is 6.85. The van der Waals surface area contributed by atoms with Crippen LogP contribution in [0.15, 0.2) is 67.3 Å². The van der Waals surface area contributed by atoms with Gasteiger partial charge in [-0.15, -0.1) is 0 Å². The summed E-state index contributed by atoms with van der Waals surface area (Å²) >= 11 is 0. The lowest BCUT2D eigenvalue weighted by molar-refractivity contribution is -0.116. The number of aryl methyl sites for hydroxylation is 1. The van der Waals surface area contributed by atoms with E-state index in [0.717, 1.165) is 6.42 Å². The predicted octanol–water partition coefficient (Wildman–Crippen LogP) is 3.73. The zero-order valence-electron chi connectivity index (χ0n) is 17.2. The number of ether oxygens (including phenoxy) is 1. The Bertz CT molecular complexity index is 1030. The van der Waals surface area contributed by atoms with Crippen LogP contribution in [-0.2, 0) is 16.1 Å². The number of aromatic nitrogens is 2. The Balaban J connectivity index is 1.55. The van der Waals surface area contributed by atoms with Crippen molar-refractivity contribution < 1.29 is 19.1 Å². The molecule has 0 spiro atoms. The average molecular weight is 420 g/mol. The van der Waals surface area contributed by atoms with Crippen molar-refractivity contribution in [2.75, 3.05) is 17.2 Å². The third-order valence-corrected chi connectivity index (χ3v) is 4.38. The van der Waals surface area contributed by atoms with E-state index < -0.39 is 5.97 Å². The minimum Gasteiger partial charge on any atom is -0.462 e. The van der Waals surface area contributed by atoms with Crippen LogP contribution in [0.1, 0.15) is 40.5 Å². The number of nitrogens with one attached hydrogen (secondary N) is 2. The van der Waals surface area contributed by atoms with Gasteiger partial charge in [-0.3, -0.25) is 9.59 Å². The summed E-state index contributed by atoms with van der Waals surface area (Å²) in [5.74, 6) is -0.871. The number of carbonyl (C=O) groups excluding carboxylic acids is 3. The number of imidazole rings is 1. The number of amides is 2. The normalized spacial score (nSPS) is 10.4. The maximum atomic E-state index is 12.6.